The van der Waals surface area contributed by atoms with E-state index in [0.29, 0.717) is 29.0 Å². The van der Waals surface area contributed by atoms with Crippen LogP contribution < -0.4 is 19.5 Å². The van der Waals surface area contributed by atoms with E-state index in [1.54, 1.807) is 37.5 Å². The molecule has 1 aromatic heterocycles. The van der Waals surface area contributed by atoms with Crippen molar-refractivity contribution < 1.29 is 23.9 Å². The molecule has 0 fully saturated rings. The summed E-state index contributed by atoms with van der Waals surface area (Å²) >= 11 is 1.17. The van der Waals surface area contributed by atoms with Crippen LogP contribution in [0.1, 0.15) is 18.9 Å². The number of hydrogen-bond donors (Lipinski definition) is 1. The number of nitro groups is 1. The number of nitrogens with one attached hydrogen (secondary N) is 1. The molecule has 0 saturated carbocycles. The second kappa shape index (κ2) is 11.9. The molecule has 0 spiro atoms. The van der Waals surface area contributed by atoms with Crippen LogP contribution in [0.5, 0.6) is 17.2 Å². The van der Waals surface area contributed by atoms with Gasteiger partial charge in [-0.25, -0.2) is 0 Å². The van der Waals surface area contributed by atoms with E-state index >= 15 is 0 Å². The molecule has 0 aliphatic carbocycles. The third-order valence-electron chi connectivity index (χ3n) is 4.79. The average Bonchev–Trinajstić information content (AvgIpc) is 3.26. The molecule has 0 aliphatic heterocycles. The van der Waals surface area contributed by atoms with E-state index in [-0.39, 0.29) is 23.0 Å². The summed E-state index contributed by atoms with van der Waals surface area (Å²) in [5.41, 5.74) is 0.0528. The van der Waals surface area contributed by atoms with E-state index in [1.165, 1.54) is 37.1 Å². The number of benzene rings is 2. The molecule has 1 atom stereocenters. The summed E-state index contributed by atoms with van der Waals surface area (Å²) in [7, 11) is 3.01. The second-order valence-corrected chi connectivity index (χ2v) is 8.10. The highest BCUT2D eigenvalue weighted by Gasteiger charge is 2.20. The zero-order chi connectivity index (χ0) is 25.4. The van der Waals surface area contributed by atoms with Crippen molar-refractivity contribution in [3.05, 3.63) is 71.1 Å². The van der Waals surface area contributed by atoms with Crippen molar-refractivity contribution in [3.8, 4) is 17.2 Å². The fraction of sp³-hybridized carbons (Fsp3) is 0.261. The van der Waals surface area contributed by atoms with Crippen molar-refractivity contribution in [1.82, 2.24) is 14.8 Å². The monoisotopic (exact) mass is 499 g/mol. The molecule has 1 amide bonds. The Labute approximate surface area is 206 Å². The van der Waals surface area contributed by atoms with Crippen LogP contribution in [0.15, 0.2) is 60.3 Å². The number of amides is 1. The molecule has 1 unspecified atom stereocenters. The Morgan fingerprint density at radius 1 is 1.20 bits per heavy atom. The molecule has 1 N–H and O–H groups in total. The van der Waals surface area contributed by atoms with Gasteiger partial charge in [0, 0.05) is 18.7 Å². The highest BCUT2D eigenvalue weighted by Crippen LogP contribution is 2.30. The Kier molecular flexibility index (Phi) is 8.68. The van der Waals surface area contributed by atoms with Crippen LogP contribution in [0.3, 0.4) is 0 Å². The highest BCUT2D eigenvalue weighted by molar-refractivity contribution is 7.99. The van der Waals surface area contributed by atoms with Gasteiger partial charge in [0.15, 0.2) is 17.1 Å². The number of carbonyl (C=O) groups excluding carboxylic acids is 1. The number of thioether (sulfide) groups is 1. The molecule has 0 radical (unpaired) electrons. The van der Waals surface area contributed by atoms with Crippen molar-refractivity contribution >= 4 is 29.0 Å². The van der Waals surface area contributed by atoms with Gasteiger partial charge in [-0.1, -0.05) is 17.8 Å². The van der Waals surface area contributed by atoms with Crippen LogP contribution in [-0.4, -0.2) is 45.6 Å². The number of carbonyl (C=O) groups is 1. The van der Waals surface area contributed by atoms with Gasteiger partial charge in [-0.05, 0) is 37.3 Å². The Morgan fingerprint density at radius 3 is 2.54 bits per heavy atom. The van der Waals surface area contributed by atoms with Gasteiger partial charge in [0.25, 0.3) is 5.69 Å². The third kappa shape index (κ3) is 6.51. The number of anilines is 1. The first-order valence-electron chi connectivity index (χ1n) is 10.5. The number of non-ortho nitro benzene ring substituents is 1. The highest BCUT2D eigenvalue weighted by atomic mass is 32.2. The molecule has 12 heteroatoms. The molecule has 0 bridgehead atoms. The number of rotatable bonds is 12. The molecule has 0 aliphatic rings. The van der Waals surface area contributed by atoms with E-state index in [4.69, 9.17) is 14.2 Å². The SMILES string of the molecule is C=CCn1c(SCC(=O)Nc2cc([N+](=O)[O-])ccc2OC)nnc1C(C)Oc1ccc(OC)cc1. The van der Waals surface area contributed by atoms with Crippen LogP contribution in [0.2, 0.25) is 0 Å². The minimum atomic E-state index is -0.543. The van der Waals surface area contributed by atoms with E-state index in [9.17, 15) is 14.9 Å². The van der Waals surface area contributed by atoms with Crippen LogP contribution >= 0.6 is 11.8 Å². The lowest BCUT2D eigenvalue weighted by molar-refractivity contribution is -0.384. The number of allylic oxidation sites excluding steroid dienone is 1. The van der Waals surface area contributed by atoms with E-state index < -0.39 is 11.0 Å². The zero-order valence-corrected chi connectivity index (χ0v) is 20.3. The number of aromatic nitrogens is 3. The summed E-state index contributed by atoms with van der Waals surface area (Å²) in [4.78, 5) is 23.1. The number of methoxy groups -OCH3 is 2. The first-order chi connectivity index (χ1) is 16.9. The minimum absolute atomic E-state index is 0.00512. The average molecular weight is 500 g/mol. The Morgan fingerprint density at radius 2 is 1.91 bits per heavy atom. The van der Waals surface area contributed by atoms with Crippen LogP contribution in [0.4, 0.5) is 11.4 Å². The summed E-state index contributed by atoms with van der Waals surface area (Å²) in [5.74, 6) is 1.87. The van der Waals surface area contributed by atoms with Gasteiger partial charge in [0.1, 0.15) is 17.2 Å². The maximum atomic E-state index is 12.6. The van der Waals surface area contributed by atoms with Crippen LogP contribution in [0, 0.1) is 10.1 Å². The number of nitrogens with zero attached hydrogens (tertiary/aromatic N) is 4. The standard InChI is InChI=1S/C23H25N5O6S/c1-5-12-27-22(15(2)34-18-9-7-17(32-3)8-10-18)25-26-23(27)35-14-21(29)24-19-13-16(28(30)31)6-11-20(19)33-4/h5-11,13,15H,1,12,14H2,2-4H3,(H,24,29). The zero-order valence-electron chi connectivity index (χ0n) is 19.5. The minimum Gasteiger partial charge on any atom is -0.497 e. The lowest BCUT2D eigenvalue weighted by Crippen LogP contribution is -2.16. The van der Waals surface area contributed by atoms with Crippen molar-refractivity contribution in [2.24, 2.45) is 0 Å². The fourth-order valence-corrected chi connectivity index (χ4v) is 3.90. The van der Waals surface area contributed by atoms with Crippen molar-refractivity contribution in [3.63, 3.8) is 0 Å². The molecular formula is C23H25N5O6S. The fourth-order valence-electron chi connectivity index (χ4n) is 3.14. The van der Waals surface area contributed by atoms with Gasteiger partial charge in [0.05, 0.1) is 30.6 Å². The summed E-state index contributed by atoms with van der Waals surface area (Å²) in [6.45, 7) is 6.05. The Hall–Kier alpha value is -4.06. The molecule has 0 saturated heterocycles. The van der Waals surface area contributed by atoms with Crippen LogP contribution in [-0.2, 0) is 11.3 Å². The first kappa shape index (κ1) is 25.6. The van der Waals surface area contributed by atoms with E-state index in [1.807, 2.05) is 11.5 Å². The molecule has 2 aromatic carbocycles. The topological polar surface area (TPSA) is 131 Å². The lowest BCUT2D eigenvalue weighted by atomic mass is 10.2. The van der Waals surface area contributed by atoms with Gasteiger partial charge in [-0.2, -0.15) is 0 Å². The quantitative estimate of drug-likeness (QED) is 0.168. The van der Waals surface area contributed by atoms with Gasteiger partial charge in [0.2, 0.25) is 5.91 Å². The molecule has 35 heavy (non-hydrogen) atoms. The number of ether oxygens (including phenoxy) is 3. The summed E-state index contributed by atoms with van der Waals surface area (Å²) in [6.07, 6.45) is 1.28. The molecular weight excluding hydrogens is 474 g/mol. The van der Waals surface area contributed by atoms with Gasteiger partial charge in [-0.15, -0.1) is 16.8 Å². The van der Waals surface area contributed by atoms with E-state index in [0.717, 1.165) is 5.75 Å². The molecule has 184 valence electrons. The van der Waals surface area contributed by atoms with Gasteiger partial charge in [-0.3, -0.25) is 19.5 Å². The Bertz CT molecular complexity index is 1200. The maximum Gasteiger partial charge on any atom is 0.271 e. The lowest BCUT2D eigenvalue weighted by Gasteiger charge is -2.16. The molecule has 3 rings (SSSR count). The largest absolute Gasteiger partial charge is 0.497 e. The summed E-state index contributed by atoms with van der Waals surface area (Å²) in [5, 5.41) is 22.7. The number of hydrogen-bond acceptors (Lipinski definition) is 9. The first-order valence-corrected chi connectivity index (χ1v) is 11.4. The van der Waals surface area contributed by atoms with Crippen molar-refractivity contribution in [2.75, 3.05) is 25.3 Å². The Balaban J connectivity index is 1.69. The molecule has 11 nitrogen and oxygen atoms in total. The van der Waals surface area contributed by atoms with E-state index in [2.05, 4.69) is 22.1 Å². The van der Waals surface area contributed by atoms with Crippen molar-refractivity contribution in [2.45, 2.75) is 24.7 Å². The van der Waals surface area contributed by atoms with Crippen LogP contribution in [0.25, 0.3) is 0 Å². The smallest absolute Gasteiger partial charge is 0.271 e. The molecule has 3 aromatic rings. The predicted molar refractivity (Wildman–Crippen MR) is 131 cm³/mol. The maximum absolute atomic E-state index is 12.6. The summed E-state index contributed by atoms with van der Waals surface area (Å²) < 4.78 is 18.1. The molecule has 1 heterocycles. The van der Waals surface area contributed by atoms with Crippen molar-refractivity contribution in [1.29, 1.82) is 0 Å². The van der Waals surface area contributed by atoms with Gasteiger partial charge >= 0.3 is 0 Å². The normalized spacial score (nSPS) is 11.4. The number of nitro benzene ring substituents is 1. The summed E-state index contributed by atoms with van der Waals surface area (Å²) in [6, 6.07) is 11.2. The predicted octanol–water partition coefficient (Wildman–Crippen LogP) is 4.26. The third-order valence-corrected chi connectivity index (χ3v) is 5.76. The van der Waals surface area contributed by atoms with Gasteiger partial charge < -0.3 is 19.5 Å². The second-order valence-electron chi connectivity index (χ2n) is 7.15.